The molecule has 3 heterocycles. The predicted molar refractivity (Wildman–Crippen MR) is 123 cm³/mol. The highest BCUT2D eigenvalue weighted by Crippen LogP contribution is 2.28. The second kappa shape index (κ2) is 9.80. The van der Waals surface area contributed by atoms with Crippen LogP contribution in [0.5, 0.6) is 0 Å². The van der Waals surface area contributed by atoms with Crippen molar-refractivity contribution in [2.24, 2.45) is 0 Å². The van der Waals surface area contributed by atoms with Crippen LogP contribution in [0.1, 0.15) is 5.56 Å². The van der Waals surface area contributed by atoms with E-state index in [4.69, 9.17) is 11.6 Å². The number of piperazine rings is 1. The molecule has 0 aliphatic carbocycles. The molecule has 4 rings (SSSR count). The van der Waals surface area contributed by atoms with Crippen LogP contribution in [-0.4, -0.2) is 64.7 Å². The van der Waals surface area contributed by atoms with E-state index in [9.17, 15) is 9.59 Å². The molecule has 0 atom stereocenters. The molecule has 2 amide bonds. The SMILES string of the molecule is CN1CCN(c2ncccc2CNC(=O)C(=O)Nc2cccc(Cl)c2-n2cccn2)CC1. The molecular formula is C22H24ClN7O2. The Morgan fingerprint density at radius 1 is 1.03 bits per heavy atom. The summed E-state index contributed by atoms with van der Waals surface area (Å²) < 4.78 is 1.54. The van der Waals surface area contributed by atoms with Crippen LogP contribution in [0.2, 0.25) is 5.02 Å². The molecule has 1 aliphatic heterocycles. The average Bonchev–Trinajstić information content (AvgIpc) is 3.32. The van der Waals surface area contributed by atoms with Crippen LogP contribution in [0.25, 0.3) is 5.69 Å². The highest BCUT2D eigenvalue weighted by Gasteiger charge is 2.20. The van der Waals surface area contributed by atoms with Crippen molar-refractivity contribution in [3.05, 3.63) is 65.6 Å². The first-order valence-corrected chi connectivity index (χ1v) is 10.7. The normalized spacial score (nSPS) is 14.2. The summed E-state index contributed by atoms with van der Waals surface area (Å²) in [6, 6.07) is 10.5. The predicted octanol–water partition coefficient (Wildman–Crippen LogP) is 1.93. The van der Waals surface area contributed by atoms with E-state index in [-0.39, 0.29) is 6.54 Å². The Hall–Kier alpha value is -3.43. The van der Waals surface area contributed by atoms with E-state index >= 15 is 0 Å². The zero-order valence-corrected chi connectivity index (χ0v) is 18.4. The van der Waals surface area contributed by atoms with E-state index in [0.29, 0.717) is 16.4 Å². The number of carbonyl (C=O) groups is 2. The number of para-hydroxylation sites is 1. The summed E-state index contributed by atoms with van der Waals surface area (Å²) in [6.45, 7) is 3.81. The van der Waals surface area contributed by atoms with E-state index in [1.807, 2.05) is 12.1 Å². The second-order valence-electron chi connectivity index (χ2n) is 7.50. The Bertz CT molecular complexity index is 1100. The van der Waals surface area contributed by atoms with E-state index in [0.717, 1.165) is 37.6 Å². The zero-order valence-electron chi connectivity index (χ0n) is 17.7. The number of rotatable bonds is 5. The molecule has 10 heteroatoms. The molecule has 0 bridgehead atoms. The van der Waals surface area contributed by atoms with Gasteiger partial charge in [0.05, 0.1) is 10.7 Å². The van der Waals surface area contributed by atoms with Gasteiger partial charge in [-0.25, -0.2) is 9.67 Å². The molecule has 0 spiro atoms. The molecule has 1 fully saturated rings. The summed E-state index contributed by atoms with van der Waals surface area (Å²) in [5, 5.41) is 9.89. The van der Waals surface area contributed by atoms with Gasteiger partial charge in [-0.05, 0) is 31.3 Å². The number of benzene rings is 1. The molecule has 32 heavy (non-hydrogen) atoms. The molecule has 3 aromatic rings. The lowest BCUT2D eigenvalue weighted by atomic mass is 10.2. The van der Waals surface area contributed by atoms with Crippen molar-refractivity contribution >= 4 is 34.9 Å². The van der Waals surface area contributed by atoms with Crippen molar-refractivity contribution < 1.29 is 9.59 Å². The Labute approximate surface area is 191 Å². The minimum Gasteiger partial charge on any atom is -0.354 e. The van der Waals surface area contributed by atoms with Crippen molar-refractivity contribution in [2.45, 2.75) is 6.54 Å². The van der Waals surface area contributed by atoms with Crippen LogP contribution in [-0.2, 0) is 16.1 Å². The molecule has 0 unspecified atom stereocenters. The first-order valence-electron chi connectivity index (χ1n) is 10.3. The molecule has 0 radical (unpaired) electrons. The molecule has 2 aromatic heterocycles. The maximum absolute atomic E-state index is 12.6. The van der Waals surface area contributed by atoms with Gasteiger partial charge in [-0.1, -0.05) is 23.7 Å². The number of amides is 2. The van der Waals surface area contributed by atoms with Crippen molar-refractivity contribution in [3.8, 4) is 5.69 Å². The van der Waals surface area contributed by atoms with Gasteiger partial charge in [-0.3, -0.25) is 9.59 Å². The number of likely N-dealkylation sites (N-methyl/N-ethyl adjacent to an activating group) is 1. The third kappa shape index (κ3) is 4.90. The Balaban J connectivity index is 1.42. The maximum atomic E-state index is 12.6. The van der Waals surface area contributed by atoms with Crippen LogP contribution in [0.3, 0.4) is 0 Å². The van der Waals surface area contributed by atoms with Crippen molar-refractivity contribution in [3.63, 3.8) is 0 Å². The largest absolute Gasteiger partial charge is 0.354 e. The Morgan fingerprint density at radius 2 is 1.84 bits per heavy atom. The van der Waals surface area contributed by atoms with Gasteiger partial charge in [-0.15, -0.1) is 0 Å². The number of nitrogens with zero attached hydrogens (tertiary/aromatic N) is 5. The van der Waals surface area contributed by atoms with Crippen LogP contribution in [0.15, 0.2) is 55.0 Å². The number of carbonyl (C=O) groups excluding carboxylic acids is 2. The molecular weight excluding hydrogens is 430 g/mol. The quantitative estimate of drug-likeness (QED) is 0.573. The number of hydrogen-bond acceptors (Lipinski definition) is 6. The van der Waals surface area contributed by atoms with Gasteiger partial charge in [0, 0.05) is 56.9 Å². The Morgan fingerprint density at radius 3 is 2.59 bits per heavy atom. The number of anilines is 2. The van der Waals surface area contributed by atoms with E-state index in [1.54, 1.807) is 42.9 Å². The number of aromatic nitrogens is 3. The van der Waals surface area contributed by atoms with Crippen molar-refractivity contribution in [2.75, 3.05) is 43.4 Å². The lowest BCUT2D eigenvalue weighted by Crippen LogP contribution is -2.45. The molecule has 2 N–H and O–H groups in total. The Kier molecular flexibility index (Phi) is 6.67. The third-order valence-corrected chi connectivity index (χ3v) is 5.59. The molecule has 166 valence electrons. The minimum atomic E-state index is -0.786. The number of nitrogens with one attached hydrogen (secondary N) is 2. The average molecular weight is 454 g/mol. The van der Waals surface area contributed by atoms with Crippen LogP contribution >= 0.6 is 11.6 Å². The highest BCUT2D eigenvalue weighted by atomic mass is 35.5. The van der Waals surface area contributed by atoms with Gasteiger partial charge in [0.2, 0.25) is 0 Å². The fraction of sp³-hybridized carbons (Fsp3) is 0.273. The van der Waals surface area contributed by atoms with Crippen LogP contribution in [0, 0.1) is 0 Å². The minimum absolute atomic E-state index is 0.198. The summed E-state index contributed by atoms with van der Waals surface area (Å²) in [5.74, 6) is -0.701. The van der Waals surface area contributed by atoms with Gasteiger partial charge in [-0.2, -0.15) is 5.10 Å². The number of pyridine rings is 1. The van der Waals surface area contributed by atoms with E-state index < -0.39 is 11.8 Å². The van der Waals surface area contributed by atoms with E-state index in [1.165, 1.54) is 4.68 Å². The lowest BCUT2D eigenvalue weighted by Gasteiger charge is -2.34. The molecule has 0 saturated carbocycles. The third-order valence-electron chi connectivity index (χ3n) is 5.28. The smallest absolute Gasteiger partial charge is 0.313 e. The molecule has 1 aliphatic rings. The van der Waals surface area contributed by atoms with Crippen molar-refractivity contribution in [1.82, 2.24) is 25.0 Å². The standard InChI is InChI=1S/C22H24ClN7O2/c1-28-11-13-29(14-12-28)20-16(5-3-8-24-20)15-25-21(31)22(32)27-18-7-2-6-17(23)19(18)30-10-4-9-26-30/h2-10H,11-15H2,1H3,(H,25,31)(H,27,32). The summed E-state index contributed by atoms with van der Waals surface area (Å²) in [4.78, 5) is 34.0. The van der Waals surface area contributed by atoms with E-state index in [2.05, 4.69) is 37.6 Å². The van der Waals surface area contributed by atoms with Gasteiger partial charge in [0.15, 0.2) is 0 Å². The topological polar surface area (TPSA) is 95.4 Å². The van der Waals surface area contributed by atoms with Gasteiger partial charge < -0.3 is 20.4 Å². The molecule has 1 aromatic carbocycles. The maximum Gasteiger partial charge on any atom is 0.313 e. The molecule has 9 nitrogen and oxygen atoms in total. The monoisotopic (exact) mass is 453 g/mol. The zero-order chi connectivity index (χ0) is 22.5. The lowest BCUT2D eigenvalue weighted by molar-refractivity contribution is -0.136. The summed E-state index contributed by atoms with van der Waals surface area (Å²) in [7, 11) is 2.09. The fourth-order valence-electron chi connectivity index (χ4n) is 3.56. The van der Waals surface area contributed by atoms with Gasteiger partial charge >= 0.3 is 11.8 Å². The number of hydrogen-bond donors (Lipinski definition) is 2. The van der Waals surface area contributed by atoms with Crippen LogP contribution < -0.4 is 15.5 Å². The van der Waals surface area contributed by atoms with Crippen LogP contribution in [0.4, 0.5) is 11.5 Å². The summed E-state index contributed by atoms with van der Waals surface area (Å²) in [6.07, 6.45) is 5.05. The van der Waals surface area contributed by atoms with Gasteiger partial charge in [0.1, 0.15) is 11.5 Å². The fourth-order valence-corrected chi connectivity index (χ4v) is 3.82. The second-order valence-corrected chi connectivity index (χ2v) is 7.91. The molecule has 1 saturated heterocycles. The van der Waals surface area contributed by atoms with Crippen molar-refractivity contribution in [1.29, 1.82) is 0 Å². The summed E-state index contributed by atoms with van der Waals surface area (Å²) >= 11 is 6.30. The highest BCUT2D eigenvalue weighted by molar-refractivity contribution is 6.40. The summed E-state index contributed by atoms with van der Waals surface area (Å²) in [5.41, 5.74) is 1.74. The first kappa shape index (κ1) is 21.8. The van der Waals surface area contributed by atoms with Gasteiger partial charge in [0.25, 0.3) is 0 Å². The number of halogens is 1. The first-order chi connectivity index (χ1) is 15.5.